The number of carbonyl (C=O) groups excluding carboxylic acids is 1. The number of nitrogens with one attached hydrogen (secondary N) is 1. The molecule has 0 fully saturated rings. The Hall–Kier alpha value is -2.09. The minimum Gasteiger partial charge on any atom is -0.493 e. The van der Waals surface area contributed by atoms with E-state index < -0.39 is 0 Å². The first-order valence-corrected chi connectivity index (χ1v) is 7.53. The summed E-state index contributed by atoms with van der Waals surface area (Å²) < 4.78 is 11.4. The number of ether oxygens (including phenoxy) is 2. The third-order valence-corrected chi connectivity index (χ3v) is 3.90. The molecule has 1 N–H and O–H groups in total. The van der Waals surface area contributed by atoms with Crippen LogP contribution in [0.25, 0.3) is 0 Å². The van der Waals surface area contributed by atoms with E-state index >= 15 is 0 Å². The Morgan fingerprint density at radius 2 is 1.86 bits per heavy atom. The van der Waals surface area contributed by atoms with Gasteiger partial charge in [0.25, 0.3) is 5.91 Å². The first-order valence-electron chi connectivity index (χ1n) is 6.45. The molecule has 0 unspecified atom stereocenters. The number of amides is 1. The second kappa shape index (κ2) is 7.79. The van der Waals surface area contributed by atoms with Gasteiger partial charge in [0, 0.05) is 14.7 Å². The minimum atomic E-state index is -0.317. The molecule has 0 aromatic heterocycles. The Morgan fingerprint density at radius 1 is 1.14 bits per heavy atom. The highest BCUT2D eigenvalue weighted by atomic mass is 127. The lowest BCUT2D eigenvalue weighted by Gasteiger charge is -2.08. The van der Waals surface area contributed by atoms with E-state index in [1.807, 2.05) is 24.3 Å². The van der Waals surface area contributed by atoms with Gasteiger partial charge in [0.05, 0.1) is 20.4 Å². The van der Waals surface area contributed by atoms with Gasteiger partial charge in [-0.3, -0.25) is 4.79 Å². The molecule has 0 heterocycles. The molecule has 2 aromatic rings. The van der Waals surface area contributed by atoms with Crippen molar-refractivity contribution in [3.05, 3.63) is 57.2 Å². The predicted molar refractivity (Wildman–Crippen MR) is 93.8 cm³/mol. The minimum absolute atomic E-state index is 0.317. The number of rotatable bonds is 5. The van der Waals surface area contributed by atoms with Crippen LogP contribution in [0.4, 0.5) is 0 Å². The van der Waals surface area contributed by atoms with E-state index in [0.29, 0.717) is 17.1 Å². The van der Waals surface area contributed by atoms with Gasteiger partial charge in [-0.05, 0) is 46.9 Å². The molecule has 0 saturated heterocycles. The van der Waals surface area contributed by atoms with E-state index in [0.717, 1.165) is 9.13 Å². The maximum Gasteiger partial charge on any atom is 0.271 e. The van der Waals surface area contributed by atoms with Crippen LogP contribution in [-0.2, 0) is 0 Å². The zero-order valence-corrected chi connectivity index (χ0v) is 14.3. The van der Waals surface area contributed by atoms with E-state index in [2.05, 4.69) is 33.1 Å². The Kier molecular flexibility index (Phi) is 5.76. The summed E-state index contributed by atoms with van der Waals surface area (Å²) in [5.41, 5.74) is 3.88. The van der Waals surface area contributed by atoms with Crippen LogP contribution in [0.1, 0.15) is 15.9 Å². The second-order valence-electron chi connectivity index (χ2n) is 4.29. The van der Waals surface area contributed by atoms with Crippen molar-refractivity contribution in [1.82, 2.24) is 5.43 Å². The molecule has 22 heavy (non-hydrogen) atoms. The number of carbonyl (C=O) groups is 1. The highest BCUT2D eigenvalue weighted by Gasteiger charge is 2.09. The van der Waals surface area contributed by atoms with Crippen LogP contribution >= 0.6 is 22.6 Å². The first-order chi connectivity index (χ1) is 10.7. The number of nitrogens with zero attached hydrogens (tertiary/aromatic N) is 1. The van der Waals surface area contributed by atoms with E-state index in [-0.39, 0.29) is 5.91 Å². The van der Waals surface area contributed by atoms with E-state index in [9.17, 15) is 4.79 Å². The molecule has 2 rings (SSSR count). The molecule has 1 amide bonds. The number of methoxy groups -OCH3 is 2. The topological polar surface area (TPSA) is 59.9 Å². The van der Waals surface area contributed by atoms with Gasteiger partial charge in [0.2, 0.25) is 0 Å². The summed E-state index contributed by atoms with van der Waals surface area (Å²) in [6.07, 6.45) is 1.61. The molecule has 0 atom stereocenters. The summed E-state index contributed by atoms with van der Waals surface area (Å²) in [7, 11) is 3.07. The predicted octanol–water partition coefficient (Wildman–Crippen LogP) is 3.07. The standard InChI is InChI=1S/C16H15IN2O3/c1-21-14-8-7-11(9-15(14)22-2)16(20)19-18-10-12-5-3-4-6-13(12)17/h3-10H,1-2H3,(H,19,20)/b18-10-. The number of hydrogen-bond donors (Lipinski definition) is 1. The van der Waals surface area contributed by atoms with Crippen LogP contribution in [0.2, 0.25) is 0 Å². The van der Waals surface area contributed by atoms with E-state index in [4.69, 9.17) is 9.47 Å². The van der Waals surface area contributed by atoms with Crippen LogP contribution in [0.15, 0.2) is 47.6 Å². The Bertz CT molecular complexity index is 702. The van der Waals surface area contributed by atoms with Crippen molar-refractivity contribution >= 4 is 34.7 Å². The average molecular weight is 410 g/mol. The van der Waals surface area contributed by atoms with Gasteiger partial charge in [0.1, 0.15) is 0 Å². The largest absolute Gasteiger partial charge is 0.493 e. The van der Waals surface area contributed by atoms with Gasteiger partial charge >= 0.3 is 0 Å². The van der Waals surface area contributed by atoms with Gasteiger partial charge in [-0.2, -0.15) is 5.10 Å². The van der Waals surface area contributed by atoms with Crippen molar-refractivity contribution in [3.8, 4) is 11.5 Å². The average Bonchev–Trinajstić information content (AvgIpc) is 2.55. The fourth-order valence-electron chi connectivity index (χ4n) is 1.78. The van der Waals surface area contributed by atoms with Crippen molar-refractivity contribution in [3.63, 3.8) is 0 Å². The van der Waals surface area contributed by atoms with Crippen LogP contribution in [0.3, 0.4) is 0 Å². The van der Waals surface area contributed by atoms with Gasteiger partial charge < -0.3 is 9.47 Å². The van der Waals surface area contributed by atoms with Crippen molar-refractivity contribution < 1.29 is 14.3 Å². The maximum absolute atomic E-state index is 12.1. The lowest BCUT2D eigenvalue weighted by Crippen LogP contribution is -2.17. The summed E-state index contributed by atoms with van der Waals surface area (Å²) in [4.78, 5) is 12.1. The zero-order valence-electron chi connectivity index (χ0n) is 12.2. The molecule has 0 aliphatic carbocycles. The summed E-state index contributed by atoms with van der Waals surface area (Å²) in [5.74, 6) is 0.751. The van der Waals surface area contributed by atoms with Crippen LogP contribution < -0.4 is 14.9 Å². The highest BCUT2D eigenvalue weighted by molar-refractivity contribution is 14.1. The van der Waals surface area contributed by atoms with Gasteiger partial charge in [-0.1, -0.05) is 18.2 Å². The van der Waals surface area contributed by atoms with Crippen molar-refractivity contribution in [1.29, 1.82) is 0 Å². The molecular formula is C16H15IN2O3. The molecule has 5 nitrogen and oxygen atoms in total. The molecular weight excluding hydrogens is 395 g/mol. The molecule has 6 heteroatoms. The number of halogens is 1. The Morgan fingerprint density at radius 3 is 2.55 bits per heavy atom. The monoisotopic (exact) mass is 410 g/mol. The summed E-state index contributed by atoms with van der Waals surface area (Å²) in [6.45, 7) is 0. The second-order valence-corrected chi connectivity index (χ2v) is 5.45. The van der Waals surface area contributed by atoms with E-state index in [1.165, 1.54) is 7.11 Å². The lowest BCUT2D eigenvalue weighted by atomic mass is 10.2. The summed E-state index contributed by atoms with van der Waals surface area (Å²) in [6, 6.07) is 12.7. The maximum atomic E-state index is 12.1. The number of hydrogen-bond acceptors (Lipinski definition) is 4. The smallest absolute Gasteiger partial charge is 0.271 e. The zero-order chi connectivity index (χ0) is 15.9. The van der Waals surface area contributed by atoms with Crippen LogP contribution in [0, 0.1) is 3.57 Å². The molecule has 0 radical (unpaired) electrons. The summed E-state index contributed by atoms with van der Waals surface area (Å²) in [5, 5.41) is 3.98. The van der Waals surface area contributed by atoms with Gasteiger partial charge in [0.15, 0.2) is 11.5 Å². The Balaban J connectivity index is 2.08. The lowest BCUT2D eigenvalue weighted by molar-refractivity contribution is 0.0954. The third kappa shape index (κ3) is 3.97. The molecule has 0 bridgehead atoms. The number of benzene rings is 2. The van der Waals surface area contributed by atoms with Gasteiger partial charge in [-0.25, -0.2) is 5.43 Å². The van der Waals surface area contributed by atoms with Crippen LogP contribution in [0.5, 0.6) is 11.5 Å². The van der Waals surface area contributed by atoms with Gasteiger partial charge in [-0.15, -0.1) is 0 Å². The SMILES string of the molecule is COc1ccc(C(=O)N/N=C\c2ccccc2I)cc1OC. The Labute approximate surface area is 142 Å². The quantitative estimate of drug-likeness (QED) is 0.468. The molecule has 0 aliphatic heterocycles. The molecule has 114 valence electrons. The normalized spacial score (nSPS) is 10.5. The van der Waals surface area contributed by atoms with Crippen LogP contribution in [-0.4, -0.2) is 26.3 Å². The number of hydrazone groups is 1. The highest BCUT2D eigenvalue weighted by Crippen LogP contribution is 2.27. The first kappa shape index (κ1) is 16.3. The molecule has 0 spiro atoms. The molecule has 2 aromatic carbocycles. The van der Waals surface area contributed by atoms with Crippen molar-refractivity contribution in [2.45, 2.75) is 0 Å². The molecule has 0 aliphatic rings. The summed E-state index contributed by atoms with van der Waals surface area (Å²) >= 11 is 2.21. The fourth-order valence-corrected chi connectivity index (χ4v) is 2.31. The third-order valence-electron chi connectivity index (χ3n) is 2.92. The van der Waals surface area contributed by atoms with Crippen molar-refractivity contribution in [2.75, 3.05) is 14.2 Å². The van der Waals surface area contributed by atoms with E-state index in [1.54, 1.807) is 31.5 Å². The molecule has 0 saturated carbocycles. The fraction of sp³-hybridized carbons (Fsp3) is 0.125. The van der Waals surface area contributed by atoms with Crippen molar-refractivity contribution in [2.24, 2.45) is 5.10 Å².